The van der Waals surface area contributed by atoms with Crippen LogP contribution in [0, 0.1) is 10.1 Å². The van der Waals surface area contributed by atoms with Crippen molar-refractivity contribution in [1.82, 2.24) is 5.32 Å². The molecule has 0 heterocycles. The lowest BCUT2D eigenvalue weighted by atomic mass is 10.1. The van der Waals surface area contributed by atoms with Crippen LogP contribution in [-0.4, -0.2) is 40.7 Å². The summed E-state index contributed by atoms with van der Waals surface area (Å²) in [4.78, 5) is 47.3. The van der Waals surface area contributed by atoms with E-state index in [1.165, 1.54) is 36.0 Å². The van der Waals surface area contributed by atoms with Crippen LogP contribution in [0.4, 0.5) is 17.1 Å². The number of carbonyl (C=O) groups excluding carboxylic acids is 3. The molecule has 0 aromatic heterocycles. The quantitative estimate of drug-likeness (QED) is 0.380. The molecule has 0 aliphatic carbocycles. The molecule has 164 valence electrons. The highest BCUT2D eigenvalue weighted by atomic mass is 32.2. The third-order valence-corrected chi connectivity index (χ3v) is 4.93. The lowest BCUT2D eigenvalue weighted by molar-refractivity contribution is -0.384. The standard InChI is InChI=1S/C21H24N4O5S/c1-3-19(26)22-15-7-5-8-16(13-15)23-21(28)18(10-11-31-2)24-20(27)14-6-4-9-17(12-14)25(29)30/h4-9,12-13,18H,3,10-11H2,1-2H3,(H,22,26)(H,23,28)(H,24,27). The molecule has 10 heteroatoms. The number of non-ortho nitro benzene ring substituents is 1. The summed E-state index contributed by atoms with van der Waals surface area (Å²) in [7, 11) is 0. The Kier molecular flexibility index (Phi) is 9.01. The van der Waals surface area contributed by atoms with Crippen LogP contribution in [0.1, 0.15) is 30.1 Å². The van der Waals surface area contributed by atoms with Gasteiger partial charge < -0.3 is 16.0 Å². The van der Waals surface area contributed by atoms with Gasteiger partial charge >= 0.3 is 0 Å². The van der Waals surface area contributed by atoms with Crippen molar-refractivity contribution >= 4 is 46.5 Å². The van der Waals surface area contributed by atoms with Crippen LogP contribution in [0.25, 0.3) is 0 Å². The fourth-order valence-electron chi connectivity index (χ4n) is 2.66. The van der Waals surface area contributed by atoms with Gasteiger partial charge in [-0.25, -0.2) is 0 Å². The van der Waals surface area contributed by atoms with Gasteiger partial charge in [0, 0.05) is 35.5 Å². The lowest BCUT2D eigenvalue weighted by Gasteiger charge is -2.18. The summed E-state index contributed by atoms with van der Waals surface area (Å²) in [6, 6.07) is 11.2. The number of carbonyl (C=O) groups is 3. The molecule has 0 saturated carbocycles. The predicted molar refractivity (Wildman–Crippen MR) is 121 cm³/mol. The van der Waals surface area contributed by atoms with E-state index in [9.17, 15) is 24.5 Å². The second kappa shape index (κ2) is 11.7. The van der Waals surface area contributed by atoms with Crippen LogP contribution in [0.15, 0.2) is 48.5 Å². The molecule has 2 aromatic rings. The van der Waals surface area contributed by atoms with Gasteiger partial charge in [-0.1, -0.05) is 19.1 Å². The molecule has 0 spiro atoms. The molecule has 1 atom stereocenters. The number of hydrogen-bond donors (Lipinski definition) is 3. The molecule has 9 nitrogen and oxygen atoms in total. The minimum atomic E-state index is -0.840. The molecule has 0 aliphatic heterocycles. The number of hydrogen-bond acceptors (Lipinski definition) is 6. The predicted octanol–water partition coefficient (Wildman–Crippen LogP) is 3.43. The van der Waals surface area contributed by atoms with Crippen molar-refractivity contribution in [2.45, 2.75) is 25.8 Å². The van der Waals surface area contributed by atoms with E-state index >= 15 is 0 Å². The number of rotatable bonds is 10. The maximum absolute atomic E-state index is 12.8. The van der Waals surface area contributed by atoms with Crippen LogP contribution in [-0.2, 0) is 9.59 Å². The van der Waals surface area contributed by atoms with Crippen LogP contribution < -0.4 is 16.0 Å². The lowest BCUT2D eigenvalue weighted by Crippen LogP contribution is -2.44. The highest BCUT2D eigenvalue weighted by Gasteiger charge is 2.22. The molecule has 0 bridgehead atoms. The number of nitrogens with zero attached hydrogens (tertiary/aromatic N) is 1. The smallest absolute Gasteiger partial charge is 0.270 e. The zero-order valence-electron chi connectivity index (χ0n) is 17.2. The first-order valence-electron chi connectivity index (χ1n) is 9.59. The number of benzene rings is 2. The summed E-state index contributed by atoms with van der Waals surface area (Å²) >= 11 is 1.53. The maximum Gasteiger partial charge on any atom is 0.270 e. The van der Waals surface area contributed by atoms with Gasteiger partial charge in [-0.3, -0.25) is 24.5 Å². The Bertz CT molecular complexity index is 966. The Morgan fingerprint density at radius 1 is 1.06 bits per heavy atom. The summed E-state index contributed by atoms with van der Waals surface area (Å²) in [6.45, 7) is 1.74. The summed E-state index contributed by atoms with van der Waals surface area (Å²) in [5.74, 6) is -0.522. The first-order chi connectivity index (χ1) is 14.8. The van der Waals surface area contributed by atoms with Crippen molar-refractivity contribution in [3.05, 3.63) is 64.2 Å². The van der Waals surface area contributed by atoms with Gasteiger partial charge in [-0.2, -0.15) is 11.8 Å². The number of nitro benzene ring substituents is 1. The fourth-order valence-corrected chi connectivity index (χ4v) is 3.13. The van der Waals surface area contributed by atoms with Crippen molar-refractivity contribution in [3.63, 3.8) is 0 Å². The van der Waals surface area contributed by atoms with Crippen molar-refractivity contribution in [2.24, 2.45) is 0 Å². The minimum Gasteiger partial charge on any atom is -0.340 e. The monoisotopic (exact) mass is 444 g/mol. The molecular formula is C21H24N4O5S. The number of thioether (sulfide) groups is 1. The first kappa shape index (κ1) is 23.9. The highest BCUT2D eigenvalue weighted by Crippen LogP contribution is 2.17. The van der Waals surface area contributed by atoms with E-state index in [2.05, 4.69) is 16.0 Å². The second-order valence-corrected chi connectivity index (χ2v) is 7.57. The number of anilines is 2. The van der Waals surface area contributed by atoms with Crippen molar-refractivity contribution in [2.75, 3.05) is 22.6 Å². The zero-order valence-corrected chi connectivity index (χ0v) is 18.0. The van der Waals surface area contributed by atoms with Crippen molar-refractivity contribution in [3.8, 4) is 0 Å². The number of nitro groups is 1. The zero-order chi connectivity index (χ0) is 22.8. The molecule has 0 aliphatic rings. The second-order valence-electron chi connectivity index (χ2n) is 6.59. The van der Waals surface area contributed by atoms with Gasteiger partial charge in [0.2, 0.25) is 11.8 Å². The normalized spacial score (nSPS) is 11.3. The van der Waals surface area contributed by atoms with E-state index in [-0.39, 0.29) is 17.2 Å². The van der Waals surface area contributed by atoms with Gasteiger partial charge in [0.15, 0.2) is 0 Å². The average molecular weight is 445 g/mol. The van der Waals surface area contributed by atoms with Gasteiger partial charge in [-0.05, 0) is 42.7 Å². The molecule has 0 radical (unpaired) electrons. The van der Waals surface area contributed by atoms with E-state index < -0.39 is 22.8 Å². The molecule has 3 amide bonds. The Hall–Kier alpha value is -3.40. The summed E-state index contributed by atoms with van der Waals surface area (Å²) < 4.78 is 0. The molecular weight excluding hydrogens is 420 g/mol. The molecule has 2 rings (SSSR count). The van der Waals surface area contributed by atoms with E-state index in [0.29, 0.717) is 30.0 Å². The number of nitrogens with one attached hydrogen (secondary N) is 3. The minimum absolute atomic E-state index is 0.0976. The largest absolute Gasteiger partial charge is 0.340 e. The first-order valence-corrected chi connectivity index (χ1v) is 11.0. The molecule has 0 fully saturated rings. The van der Waals surface area contributed by atoms with Crippen LogP contribution in [0.3, 0.4) is 0 Å². The van der Waals surface area contributed by atoms with Gasteiger partial charge in [0.1, 0.15) is 6.04 Å². The maximum atomic E-state index is 12.8. The Morgan fingerprint density at radius 3 is 2.39 bits per heavy atom. The summed E-state index contributed by atoms with van der Waals surface area (Å²) in [6.07, 6.45) is 2.59. The fraction of sp³-hybridized carbons (Fsp3) is 0.286. The van der Waals surface area contributed by atoms with Crippen LogP contribution in [0.2, 0.25) is 0 Å². The SMILES string of the molecule is CCC(=O)Nc1cccc(NC(=O)C(CCSC)NC(=O)c2cccc([N+](=O)[O-])c2)c1. The third-order valence-electron chi connectivity index (χ3n) is 4.29. The topological polar surface area (TPSA) is 130 Å². The van der Waals surface area contributed by atoms with Crippen molar-refractivity contribution < 1.29 is 19.3 Å². The van der Waals surface area contributed by atoms with E-state index in [1.807, 2.05) is 6.26 Å². The van der Waals surface area contributed by atoms with Gasteiger partial charge in [0.25, 0.3) is 11.6 Å². The Morgan fingerprint density at radius 2 is 1.74 bits per heavy atom. The molecule has 3 N–H and O–H groups in total. The summed E-state index contributed by atoms with van der Waals surface area (Å²) in [5.41, 5.74) is 0.910. The molecule has 2 aromatic carbocycles. The molecule has 0 saturated heterocycles. The highest BCUT2D eigenvalue weighted by molar-refractivity contribution is 7.98. The van der Waals surface area contributed by atoms with Gasteiger partial charge in [-0.15, -0.1) is 0 Å². The van der Waals surface area contributed by atoms with Crippen LogP contribution >= 0.6 is 11.8 Å². The van der Waals surface area contributed by atoms with Crippen LogP contribution in [0.5, 0.6) is 0 Å². The third kappa shape index (κ3) is 7.41. The Labute approximate surface area is 184 Å². The summed E-state index contributed by atoms with van der Waals surface area (Å²) in [5, 5.41) is 19.1. The van der Waals surface area contributed by atoms with Gasteiger partial charge in [0.05, 0.1) is 4.92 Å². The molecule has 1 unspecified atom stereocenters. The van der Waals surface area contributed by atoms with E-state index in [0.717, 1.165) is 0 Å². The van der Waals surface area contributed by atoms with E-state index in [1.54, 1.807) is 31.2 Å². The number of amides is 3. The average Bonchev–Trinajstić information content (AvgIpc) is 2.76. The molecule has 31 heavy (non-hydrogen) atoms. The van der Waals surface area contributed by atoms with E-state index in [4.69, 9.17) is 0 Å². The Balaban J connectivity index is 2.12. The van der Waals surface area contributed by atoms with Crippen molar-refractivity contribution in [1.29, 1.82) is 0 Å².